The molecule has 1 N–H and O–H groups in total. The van der Waals surface area contributed by atoms with Gasteiger partial charge in [-0.2, -0.15) is 0 Å². The molecule has 1 saturated heterocycles. The quantitative estimate of drug-likeness (QED) is 0.806. The first-order chi connectivity index (χ1) is 12.4. The number of aryl methyl sites for hydroxylation is 1. The molecule has 3 rings (SSSR count). The van der Waals surface area contributed by atoms with Gasteiger partial charge in [-0.05, 0) is 30.7 Å². The highest BCUT2D eigenvalue weighted by molar-refractivity contribution is 9.10. The van der Waals surface area contributed by atoms with Crippen LogP contribution in [0, 0.1) is 18.7 Å². The third-order valence-electron chi connectivity index (χ3n) is 4.54. The van der Waals surface area contributed by atoms with E-state index in [4.69, 9.17) is 0 Å². The molecule has 2 aromatic carbocycles. The minimum Gasteiger partial charge on any atom is -0.352 e. The Morgan fingerprint density at radius 2 is 2.00 bits per heavy atom. The first-order valence-electron chi connectivity index (χ1n) is 8.47. The Morgan fingerprint density at radius 1 is 1.27 bits per heavy atom. The molecular weight excluding hydrogens is 399 g/mol. The third-order valence-corrected chi connectivity index (χ3v) is 5.03. The number of carbonyl (C=O) groups excluding carboxylic acids is 2. The van der Waals surface area contributed by atoms with Gasteiger partial charge in [0.05, 0.1) is 5.92 Å². The second-order valence-corrected chi connectivity index (χ2v) is 7.53. The number of nitrogens with zero attached hydrogens (tertiary/aromatic N) is 1. The number of nitrogens with one attached hydrogen (secondary N) is 1. The second kappa shape index (κ2) is 7.99. The van der Waals surface area contributed by atoms with Crippen molar-refractivity contribution in [3.05, 3.63) is 69.4 Å². The molecule has 4 nitrogen and oxygen atoms in total. The largest absolute Gasteiger partial charge is 0.352 e. The van der Waals surface area contributed by atoms with Crippen LogP contribution < -0.4 is 5.32 Å². The van der Waals surface area contributed by atoms with Crippen molar-refractivity contribution in [3.63, 3.8) is 0 Å². The topological polar surface area (TPSA) is 49.4 Å². The molecule has 0 aliphatic carbocycles. The molecule has 1 atom stereocenters. The number of hydrogen-bond acceptors (Lipinski definition) is 2. The summed E-state index contributed by atoms with van der Waals surface area (Å²) in [7, 11) is 0. The van der Waals surface area contributed by atoms with Gasteiger partial charge in [0.25, 0.3) is 0 Å². The fourth-order valence-corrected chi connectivity index (χ4v) is 3.43. The zero-order chi connectivity index (χ0) is 18.7. The molecule has 0 saturated carbocycles. The van der Waals surface area contributed by atoms with Crippen molar-refractivity contribution in [1.82, 2.24) is 10.2 Å². The van der Waals surface area contributed by atoms with E-state index in [1.807, 2.05) is 31.2 Å². The fourth-order valence-electron chi connectivity index (χ4n) is 3.02. The van der Waals surface area contributed by atoms with Crippen molar-refractivity contribution in [2.45, 2.75) is 26.4 Å². The van der Waals surface area contributed by atoms with E-state index in [2.05, 4.69) is 21.2 Å². The van der Waals surface area contributed by atoms with Crippen LogP contribution in [0.25, 0.3) is 0 Å². The van der Waals surface area contributed by atoms with E-state index in [9.17, 15) is 14.0 Å². The molecule has 0 aromatic heterocycles. The zero-order valence-electron chi connectivity index (χ0n) is 14.5. The molecule has 1 aliphatic heterocycles. The number of halogens is 2. The predicted octanol–water partition coefficient (Wildman–Crippen LogP) is 3.56. The average Bonchev–Trinajstić information content (AvgIpc) is 2.98. The van der Waals surface area contributed by atoms with Crippen molar-refractivity contribution in [3.8, 4) is 0 Å². The molecule has 0 radical (unpaired) electrons. The smallest absolute Gasteiger partial charge is 0.225 e. The van der Waals surface area contributed by atoms with Crippen LogP contribution in [0.15, 0.2) is 46.9 Å². The fraction of sp³-hybridized carbons (Fsp3) is 0.300. The molecule has 1 heterocycles. The Labute approximate surface area is 160 Å². The van der Waals surface area contributed by atoms with E-state index in [0.717, 1.165) is 10.0 Å². The Hall–Kier alpha value is -2.21. The highest BCUT2D eigenvalue weighted by Crippen LogP contribution is 2.21. The van der Waals surface area contributed by atoms with Gasteiger partial charge in [-0.15, -0.1) is 0 Å². The lowest BCUT2D eigenvalue weighted by Crippen LogP contribution is -2.32. The molecule has 6 heteroatoms. The second-order valence-electron chi connectivity index (χ2n) is 6.61. The van der Waals surface area contributed by atoms with Crippen LogP contribution >= 0.6 is 15.9 Å². The van der Waals surface area contributed by atoms with Crippen molar-refractivity contribution < 1.29 is 14.0 Å². The van der Waals surface area contributed by atoms with E-state index >= 15 is 0 Å². The summed E-state index contributed by atoms with van der Waals surface area (Å²) in [5, 5.41) is 2.74. The van der Waals surface area contributed by atoms with Gasteiger partial charge in [0, 0.05) is 36.1 Å². The molecule has 136 valence electrons. The van der Waals surface area contributed by atoms with E-state index in [0.29, 0.717) is 18.7 Å². The SMILES string of the molecule is Cc1ccc(CN2CC(C(=O)NCc3cc(Br)ccc3F)CC2=O)cc1. The van der Waals surface area contributed by atoms with Crippen molar-refractivity contribution in [1.29, 1.82) is 0 Å². The number of hydrogen-bond donors (Lipinski definition) is 1. The molecule has 0 bridgehead atoms. The Balaban J connectivity index is 1.56. The van der Waals surface area contributed by atoms with E-state index in [1.54, 1.807) is 17.0 Å². The van der Waals surface area contributed by atoms with Crippen molar-refractivity contribution in [2.24, 2.45) is 5.92 Å². The van der Waals surface area contributed by atoms with Crippen molar-refractivity contribution in [2.75, 3.05) is 6.54 Å². The van der Waals surface area contributed by atoms with Crippen LogP contribution in [0.5, 0.6) is 0 Å². The minimum atomic E-state index is -0.400. The first-order valence-corrected chi connectivity index (χ1v) is 9.26. The Morgan fingerprint density at radius 3 is 2.73 bits per heavy atom. The summed E-state index contributed by atoms with van der Waals surface area (Å²) < 4.78 is 14.5. The summed E-state index contributed by atoms with van der Waals surface area (Å²) in [6, 6.07) is 12.6. The van der Waals surface area contributed by atoms with Crippen molar-refractivity contribution >= 4 is 27.7 Å². The molecule has 2 aromatic rings. The van der Waals surface area contributed by atoms with Crippen LogP contribution in [0.3, 0.4) is 0 Å². The van der Waals surface area contributed by atoms with Crippen LogP contribution in [0.2, 0.25) is 0 Å². The summed E-state index contributed by atoms with van der Waals surface area (Å²) in [4.78, 5) is 26.3. The maximum absolute atomic E-state index is 13.8. The summed E-state index contributed by atoms with van der Waals surface area (Å²) in [5.74, 6) is -1.01. The van der Waals surface area contributed by atoms with Crippen LogP contribution in [0.1, 0.15) is 23.1 Å². The predicted molar refractivity (Wildman–Crippen MR) is 101 cm³/mol. The normalized spacial score (nSPS) is 16.8. The third kappa shape index (κ3) is 4.49. The number of amides is 2. The van der Waals surface area contributed by atoms with Gasteiger partial charge in [-0.1, -0.05) is 45.8 Å². The lowest BCUT2D eigenvalue weighted by atomic mass is 10.1. The summed E-state index contributed by atoms with van der Waals surface area (Å²) in [5.41, 5.74) is 2.62. The van der Waals surface area contributed by atoms with E-state index < -0.39 is 5.92 Å². The Kier molecular flexibility index (Phi) is 5.71. The average molecular weight is 419 g/mol. The molecule has 0 spiro atoms. The lowest BCUT2D eigenvalue weighted by Gasteiger charge is -2.17. The van der Waals surface area contributed by atoms with E-state index in [-0.39, 0.29) is 30.6 Å². The molecule has 26 heavy (non-hydrogen) atoms. The summed E-state index contributed by atoms with van der Waals surface area (Å²) in [6.07, 6.45) is 0.193. The number of benzene rings is 2. The highest BCUT2D eigenvalue weighted by Gasteiger charge is 2.34. The van der Waals surface area contributed by atoms with Gasteiger partial charge >= 0.3 is 0 Å². The van der Waals surface area contributed by atoms with Crippen LogP contribution in [-0.4, -0.2) is 23.3 Å². The van der Waals surface area contributed by atoms with Crippen LogP contribution in [-0.2, 0) is 22.7 Å². The molecule has 1 unspecified atom stereocenters. The van der Waals surface area contributed by atoms with Gasteiger partial charge in [-0.25, -0.2) is 4.39 Å². The van der Waals surface area contributed by atoms with Gasteiger partial charge in [0.2, 0.25) is 11.8 Å². The number of carbonyl (C=O) groups is 2. The zero-order valence-corrected chi connectivity index (χ0v) is 16.1. The number of rotatable bonds is 5. The lowest BCUT2D eigenvalue weighted by molar-refractivity contribution is -0.129. The summed E-state index contributed by atoms with van der Waals surface area (Å²) in [6.45, 7) is 3.01. The van der Waals surface area contributed by atoms with E-state index in [1.165, 1.54) is 11.6 Å². The molecule has 1 fully saturated rings. The molecular formula is C20H20BrFN2O2. The summed E-state index contributed by atoms with van der Waals surface area (Å²) >= 11 is 3.29. The van der Waals surface area contributed by atoms with Gasteiger partial charge in [-0.3, -0.25) is 9.59 Å². The highest BCUT2D eigenvalue weighted by atomic mass is 79.9. The maximum atomic E-state index is 13.8. The minimum absolute atomic E-state index is 0.0284. The van der Waals surface area contributed by atoms with Gasteiger partial charge in [0.15, 0.2) is 0 Å². The molecule has 2 amide bonds. The van der Waals surface area contributed by atoms with Crippen LogP contribution in [0.4, 0.5) is 4.39 Å². The molecule has 1 aliphatic rings. The monoisotopic (exact) mass is 418 g/mol. The number of likely N-dealkylation sites (tertiary alicyclic amines) is 1. The van der Waals surface area contributed by atoms with Gasteiger partial charge in [0.1, 0.15) is 5.82 Å². The van der Waals surface area contributed by atoms with Gasteiger partial charge < -0.3 is 10.2 Å². The Bertz CT molecular complexity index is 823. The standard InChI is InChI=1S/C20H20BrFN2O2/c1-13-2-4-14(5-3-13)11-24-12-16(9-19(24)25)20(26)23-10-15-8-17(21)6-7-18(15)22/h2-8,16H,9-12H2,1H3,(H,23,26). The maximum Gasteiger partial charge on any atom is 0.225 e. The first kappa shape index (κ1) is 18.6.